The van der Waals surface area contributed by atoms with Gasteiger partial charge in [0, 0.05) is 55.4 Å². The summed E-state index contributed by atoms with van der Waals surface area (Å²) in [7, 11) is -1.18. The van der Waals surface area contributed by atoms with Gasteiger partial charge in [-0.05, 0) is 47.6 Å². The van der Waals surface area contributed by atoms with Gasteiger partial charge in [0.1, 0.15) is 5.03 Å². The maximum Gasteiger partial charge on any atom is 0.300 e. The van der Waals surface area contributed by atoms with Crippen LogP contribution < -0.4 is 0 Å². The number of pyridine rings is 1. The Morgan fingerprint density at radius 1 is 1.00 bits per heavy atom. The second-order valence-electron chi connectivity index (χ2n) is 10.3. The molecule has 2 heterocycles. The van der Waals surface area contributed by atoms with Crippen LogP contribution in [0.1, 0.15) is 66.8 Å². The first-order valence-electron chi connectivity index (χ1n) is 13.0. The summed E-state index contributed by atoms with van der Waals surface area (Å²) in [6.45, 7) is 5.60. The molecule has 2 bridgehead atoms. The lowest BCUT2D eigenvalue weighted by Gasteiger charge is -2.43. The standard InChI is InChI=1S/C28H30N2O2S.C2H4O2/c1-2-33(32)26-25(12-7-15-29-26)28(31)13-16-30(17-14-28)19-27-18-22(20-8-3-5-10-23(20)27)21-9-4-6-11-24(21)27;1-2(3)4/h3-12,15,22,31H,2,13-14,16-19H2,1H3;1H3,(H,3,4). The van der Waals surface area contributed by atoms with E-state index in [0.29, 0.717) is 29.5 Å². The van der Waals surface area contributed by atoms with Crippen LogP contribution in [-0.2, 0) is 26.6 Å². The number of likely N-dealkylation sites (tertiary alicyclic amines) is 1. The number of hydrogen-bond acceptors (Lipinski definition) is 5. The number of piperidine rings is 1. The van der Waals surface area contributed by atoms with Gasteiger partial charge in [-0.2, -0.15) is 0 Å². The lowest BCUT2D eigenvalue weighted by atomic mass is 9.74. The third-order valence-corrected chi connectivity index (χ3v) is 9.46. The molecule has 3 aromatic rings. The number of carboxylic acids is 1. The number of benzene rings is 2. The van der Waals surface area contributed by atoms with E-state index in [9.17, 15) is 9.32 Å². The average Bonchev–Trinajstić information content (AvgIpc) is 3.42. The van der Waals surface area contributed by atoms with Crippen LogP contribution in [-0.4, -0.2) is 55.7 Å². The highest BCUT2D eigenvalue weighted by Gasteiger charge is 2.53. The van der Waals surface area contributed by atoms with Crippen molar-refractivity contribution in [3.05, 3.63) is 94.7 Å². The van der Waals surface area contributed by atoms with Crippen LogP contribution in [0.4, 0.5) is 0 Å². The van der Waals surface area contributed by atoms with Gasteiger partial charge < -0.3 is 15.1 Å². The highest BCUT2D eigenvalue weighted by Crippen LogP contribution is 2.60. The van der Waals surface area contributed by atoms with Gasteiger partial charge >= 0.3 is 0 Å². The number of aliphatic carboxylic acids is 1. The number of aromatic nitrogens is 1. The molecule has 6 rings (SSSR count). The first-order chi connectivity index (χ1) is 17.8. The molecule has 0 amide bonds. The molecule has 0 saturated carbocycles. The molecule has 194 valence electrons. The van der Waals surface area contributed by atoms with E-state index in [1.54, 1.807) is 6.20 Å². The third-order valence-electron chi connectivity index (χ3n) is 8.18. The summed E-state index contributed by atoms with van der Waals surface area (Å²) in [5.41, 5.74) is 5.78. The van der Waals surface area contributed by atoms with Gasteiger partial charge in [-0.1, -0.05) is 61.5 Å². The van der Waals surface area contributed by atoms with E-state index >= 15 is 0 Å². The first kappa shape index (κ1) is 25.8. The van der Waals surface area contributed by atoms with E-state index in [0.717, 1.165) is 38.5 Å². The molecule has 3 aliphatic rings. The smallest absolute Gasteiger partial charge is 0.300 e. The first-order valence-corrected chi connectivity index (χ1v) is 14.3. The Morgan fingerprint density at radius 3 is 2.11 bits per heavy atom. The lowest BCUT2D eigenvalue weighted by Crippen LogP contribution is -2.48. The van der Waals surface area contributed by atoms with E-state index in [2.05, 4.69) is 58.4 Å². The predicted octanol–water partition coefficient (Wildman–Crippen LogP) is 4.42. The Balaban J connectivity index is 0.000000655. The second-order valence-corrected chi connectivity index (χ2v) is 12.0. The van der Waals surface area contributed by atoms with Crippen molar-refractivity contribution in [2.24, 2.45) is 0 Å². The van der Waals surface area contributed by atoms with Gasteiger partial charge in [0.25, 0.3) is 5.97 Å². The number of carboxylic acid groups (broad SMARTS) is 1. The highest BCUT2D eigenvalue weighted by atomic mass is 32.2. The fourth-order valence-electron chi connectivity index (χ4n) is 6.60. The molecule has 2 aromatic carbocycles. The Labute approximate surface area is 220 Å². The minimum Gasteiger partial charge on any atom is -0.481 e. The fourth-order valence-corrected chi connectivity index (χ4v) is 7.56. The summed E-state index contributed by atoms with van der Waals surface area (Å²) in [6.07, 6.45) is 4.09. The largest absolute Gasteiger partial charge is 0.481 e. The molecule has 6 nitrogen and oxygen atoms in total. The summed E-state index contributed by atoms with van der Waals surface area (Å²) < 4.78 is 12.6. The van der Waals surface area contributed by atoms with E-state index in [-0.39, 0.29) is 5.41 Å². The molecule has 7 heteroatoms. The maximum absolute atomic E-state index is 12.6. The van der Waals surface area contributed by atoms with Gasteiger partial charge in [0.2, 0.25) is 0 Å². The predicted molar refractivity (Wildman–Crippen MR) is 144 cm³/mol. The molecular formula is C30H34N2O4S. The zero-order valence-corrected chi connectivity index (χ0v) is 22.2. The summed E-state index contributed by atoms with van der Waals surface area (Å²) in [5, 5.41) is 19.6. The van der Waals surface area contributed by atoms with Crippen LogP contribution >= 0.6 is 0 Å². The molecule has 0 radical (unpaired) electrons. The van der Waals surface area contributed by atoms with Crippen molar-refractivity contribution >= 4 is 16.8 Å². The van der Waals surface area contributed by atoms with Crippen LogP contribution in [0.2, 0.25) is 0 Å². The summed E-state index contributed by atoms with van der Waals surface area (Å²) >= 11 is 0. The van der Waals surface area contributed by atoms with Crippen molar-refractivity contribution in [2.75, 3.05) is 25.4 Å². The molecule has 2 N–H and O–H groups in total. The second kappa shape index (κ2) is 10.1. The molecule has 1 unspecified atom stereocenters. The molecule has 0 spiro atoms. The van der Waals surface area contributed by atoms with Crippen molar-refractivity contribution < 1.29 is 19.2 Å². The van der Waals surface area contributed by atoms with E-state index < -0.39 is 22.4 Å². The molecule has 2 aliphatic carbocycles. The Kier molecular flexibility index (Phi) is 7.05. The van der Waals surface area contributed by atoms with Crippen LogP contribution in [0.15, 0.2) is 71.9 Å². The number of fused-ring (bicyclic) bond motifs is 8. The Bertz CT molecular complexity index is 1280. The molecule has 1 atom stereocenters. The van der Waals surface area contributed by atoms with Gasteiger partial charge in [-0.25, -0.2) is 4.98 Å². The zero-order chi connectivity index (χ0) is 26.2. The van der Waals surface area contributed by atoms with Gasteiger partial charge in [0.05, 0.1) is 16.4 Å². The summed E-state index contributed by atoms with van der Waals surface area (Å²) in [4.78, 5) is 15.9. The monoisotopic (exact) mass is 518 g/mol. The quantitative estimate of drug-likeness (QED) is 0.520. The number of aliphatic hydroxyl groups is 1. The van der Waals surface area contributed by atoms with Crippen LogP contribution in [0, 0.1) is 0 Å². The van der Waals surface area contributed by atoms with Crippen molar-refractivity contribution in [1.82, 2.24) is 9.88 Å². The average molecular weight is 519 g/mol. The van der Waals surface area contributed by atoms with Crippen LogP contribution in [0.3, 0.4) is 0 Å². The van der Waals surface area contributed by atoms with Crippen LogP contribution in [0.25, 0.3) is 0 Å². The molecule has 1 aliphatic heterocycles. The topological polar surface area (TPSA) is 90.7 Å². The third kappa shape index (κ3) is 4.54. The van der Waals surface area contributed by atoms with E-state index in [4.69, 9.17) is 9.90 Å². The van der Waals surface area contributed by atoms with Gasteiger partial charge in [-0.3, -0.25) is 9.00 Å². The van der Waals surface area contributed by atoms with Crippen molar-refractivity contribution in [2.45, 2.75) is 55.1 Å². The molecule has 1 aromatic heterocycles. The molecule has 1 saturated heterocycles. The Hall–Kier alpha value is -2.87. The van der Waals surface area contributed by atoms with Gasteiger partial charge in [0.15, 0.2) is 0 Å². The Morgan fingerprint density at radius 2 is 1.54 bits per heavy atom. The molecular weight excluding hydrogens is 484 g/mol. The van der Waals surface area contributed by atoms with Crippen molar-refractivity contribution in [3.8, 4) is 0 Å². The molecule has 37 heavy (non-hydrogen) atoms. The van der Waals surface area contributed by atoms with E-state index in [1.807, 2.05) is 19.1 Å². The lowest BCUT2D eigenvalue weighted by molar-refractivity contribution is -0.134. The highest BCUT2D eigenvalue weighted by molar-refractivity contribution is 7.85. The number of carbonyl (C=O) groups is 1. The van der Waals surface area contributed by atoms with Gasteiger partial charge in [-0.15, -0.1) is 0 Å². The van der Waals surface area contributed by atoms with Crippen molar-refractivity contribution in [1.29, 1.82) is 0 Å². The zero-order valence-electron chi connectivity index (χ0n) is 21.4. The minimum atomic E-state index is -1.18. The van der Waals surface area contributed by atoms with E-state index in [1.165, 1.54) is 22.3 Å². The van der Waals surface area contributed by atoms with Crippen LogP contribution in [0.5, 0.6) is 0 Å². The summed E-state index contributed by atoms with van der Waals surface area (Å²) in [6, 6.07) is 21.7. The number of nitrogens with zero attached hydrogens (tertiary/aromatic N) is 2. The maximum atomic E-state index is 12.6. The normalized spacial score (nSPS) is 23.9. The number of rotatable bonds is 5. The van der Waals surface area contributed by atoms with Crippen molar-refractivity contribution in [3.63, 3.8) is 0 Å². The number of hydrogen-bond donors (Lipinski definition) is 2. The SMILES string of the molecule is CC(=O)O.CCS(=O)c1ncccc1C1(O)CCN(CC23CC(c4ccccc42)c2ccccc23)CC1. The minimum absolute atomic E-state index is 0.0382. The summed E-state index contributed by atoms with van der Waals surface area (Å²) in [5.74, 6) is 0.176. The molecule has 1 fully saturated rings. The fraction of sp³-hybridized carbons (Fsp3) is 0.400.